The van der Waals surface area contributed by atoms with Crippen molar-refractivity contribution in [2.45, 2.75) is 0 Å². The molecule has 0 nitrogen and oxygen atoms in total. The molecule has 0 aliphatic carbocycles. The zero-order chi connectivity index (χ0) is 7.72. The van der Waals surface area contributed by atoms with Gasteiger partial charge in [-0.1, -0.05) is 0 Å². The van der Waals surface area contributed by atoms with Gasteiger partial charge in [-0.25, -0.2) is 0 Å². The van der Waals surface area contributed by atoms with Crippen LogP contribution >= 0.6 is 0 Å². The van der Waals surface area contributed by atoms with Crippen molar-refractivity contribution in [1.82, 2.24) is 0 Å². The van der Waals surface area contributed by atoms with Gasteiger partial charge in [0.2, 0.25) is 0 Å². The second kappa shape index (κ2) is 2.82. The van der Waals surface area contributed by atoms with Crippen LogP contribution in [0.3, 0.4) is 0 Å². The van der Waals surface area contributed by atoms with Crippen LogP contribution in [-0.4, -0.2) is 22.5 Å². The average Bonchev–Trinajstić information content (AvgIpc) is 1.93. The van der Waals surface area contributed by atoms with Gasteiger partial charge in [0.05, 0.1) is 0 Å². The van der Waals surface area contributed by atoms with Crippen LogP contribution < -0.4 is 3.58 Å². The van der Waals surface area contributed by atoms with Crippen molar-refractivity contribution in [1.29, 1.82) is 0 Å². The van der Waals surface area contributed by atoms with E-state index >= 15 is 0 Å². The summed E-state index contributed by atoms with van der Waals surface area (Å²) in [5.41, 5.74) is 0. The van der Waals surface area contributed by atoms with E-state index in [-0.39, 0.29) is 3.58 Å². The fourth-order valence-electron chi connectivity index (χ4n) is 0.526. The van der Waals surface area contributed by atoms with Gasteiger partial charge < -0.3 is 0 Å². The summed E-state index contributed by atoms with van der Waals surface area (Å²) in [7, 11) is 0. The van der Waals surface area contributed by atoms with Crippen molar-refractivity contribution < 1.29 is 13.2 Å². The molecule has 0 unspecified atom stereocenters. The van der Waals surface area contributed by atoms with E-state index in [9.17, 15) is 13.2 Å². The first-order valence-corrected chi connectivity index (χ1v) is 3.90. The Morgan fingerprint density at radius 1 is 1.00 bits per heavy atom. The van der Waals surface area contributed by atoms with Crippen LogP contribution in [0.15, 0.2) is 12.1 Å². The van der Waals surface area contributed by atoms with Gasteiger partial charge in [0.15, 0.2) is 0 Å². The standard InChI is InChI=1S/C6H2F3.Sn/c7-4-2-1-3-5(8)6(4)9;/h1-2H;. The zero-order valence-electron chi connectivity index (χ0n) is 4.79. The Morgan fingerprint density at radius 3 is 2.10 bits per heavy atom. The van der Waals surface area contributed by atoms with Gasteiger partial charge in [-0.05, 0) is 0 Å². The van der Waals surface area contributed by atoms with Crippen LogP contribution in [0.1, 0.15) is 0 Å². The van der Waals surface area contributed by atoms with E-state index in [2.05, 4.69) is 0 Å². The topological polar surface area (TPSA) is 0 Å². The van der Waals surface area contributed by atoms with Gasteiger partial charge >= 0.3 is 68.9 Å². The molecule has 0 fully saturated rings. The number of rotatable bonds is 0. The van der Waals surface area contributed by atoms with Gasteiger partial charge in [0, 0.05) is 0 Å². The maximum atomic E-state index is 12.4. The summed E-state index contributed by atoms with van der Waals surface area (Å²) in [6.07, 6.45) is 0. The van der Waals surface area contributed by atoms with Gasteiger partial charge in [-0.15, -0.1) is 0 Å². The minimum atomic E-state index is -1.38. The van der Waals surface area contributed by atoms with Crippen molar-refractivity contribution in [2.75, 3.05) is 0 Å². The quantitative estimate of drug-likeness (QED) is 0.474. The van der Waals surface area contributed by atoms with E-state index in [1.165, 1.54) is 6.07 Å². The first kappa shape index (κ1) is 7.91. The Kier molecular flexibility index (Phi) is 2.23. The molecule has 0 saturated carbocycles. The van der Waals surface area contributed by atoms with Crippen LogP contribution in [0.25, 0.3) is 0 Å². The van der Waals surface area contributed by atoms with E-state index in [1.54, 1.807) is 0 Å². The molecule has 10 heavy (non-hydrogen) atoms. The van der Waals surface area contributed by atoms with Crippen LogP contribution in [0, 0.1) is 17.5 Å². The summed E-state index contributed by atoms with van der Waals surface area (Å²) < 4.78 is 37.0. The zero-order valence-corrected chi connectivity index (χ0v) is 7.64. The Labute approximate surface area is 69.1 Å². The van der Waals surface area contributed by atoms with E-state index in [0.717, 1.165) is 28.6 Å². The van der Waals surface area contributed by atoms with Crippen LogP contribution in [0.5, 0.6) is 0 Å². The SMILES string of the molecule is Fc1cc[c]([Sn])c(F)c1F. The minimum absolute atomic E-state index is 0.200. The molecule has 0 bridgehead atoms. The third-order valence-corrected chi connectivity index (χ3v) is 2.14. The molecule has 4 heteroatoms. The molecule has 0 atom stereocenters. The van der Waals surface area contributed by atoms with E-state index < -0.39 is 17.5 Å². The molecule has 0 N–H and O–H groups in total. The molecule has 0 aliphatic rings. The van der Waals surface area contributed by atoms with Crippen LogP contribution in [0.2, 0.25) is 0 Å². The van der Waals surface area contributed by atoms with Crippen molar-refractivity contribution in [3.8, 4) is 0 Å². The first-order chi connectivity index (χ1) is 4.63. The summed E-state index contributed by atoms with van der Waals surface area (Å²) >= 11 is 0.737. The molecule has 0 aromatic heterocycles. The monoisotopic (exact) mass is 251 g/mol. The second-order valence-electron chi connectivity index (χ2n) is 1.72. The fourth-order valence-corrected chi connectivity index (χ4v) is 1.08. The molecule has 0 spiro atoms. The summed E-state index contributed by atoms with van der Waals surface area (Å²) in [6, 6.07) is 2.15. The molecule has 3 radical (unpaired) electrons. The van der Waals surface area contributed by atoms with E-state index in [4.69, 9.17) is 0 Å². The van der Waals surface area contributed by atoms with Crippen LogP contribution in [-0.2, 0) is 0 Å². The second-order valence-corrected chi connectivity index (χ2v) is 3.26. The summed E-state index contributed by atoms with van der Waals surface area (Å²) in [5, 5.41) is 0. The average molecular weight is 250 g/mol. The number of benzene rings is 1. The summed E-state index contributed by atoms with van der Waals surface area (Å²) in [4.78, 5) is 0. The van der Waals surface area contributed by atoms with Crippen LogP contribution in [0.4, 0.5) is 13.2 Å². The van der Waals surface area contributed by atoms with Gasteiger partial charge in [0.1, 0.15) is 0 Å². The van der Waals surface area contributed by atoms with E-state index in [1.807, 2.05) is 0 Å². The molecule has 0 amide bonds. The van der Waals surface area contributed by atoms with Gasteiger partial charge in [0.25, 0.3) is 0 Å². The van der Waals surface area contributed by atoms with Crippen molar-refractivity contribution in [3.63, 3.8) is 0 Å². The molecular weight excluding hydrogens is 248 g/mol. The summed E-state index contributed by atoms with van der Waals surface area (Å²) in [5.74, 6) is -3.59. The number of hydrogen-bond donors (Lipinski definition) is 0. The van der Waals surface area contributed by atoms with Crippen molar-refractivity contribution in [3.05, 3.63) is 29.6 Å². The third-order valence-electron chi connectivity index (χ3n) is 1.04. The molecule has 0 saturated heterocycles. The van der Waals surface area contributed by atoms with Crippen molar-refractivity contribution >= 4 is 26.1 Å². The predicted molar refractivity (Wildman–Crippen MR) is 31.7 cm³/mol. The van der Waals surface area contributed by atoms with Gasteiger partial charge in [-0.2, -0.15) is 0 Å². The molecule has 51 valence electrons. The first-order valence-electron chi connectivity index (χ1n) is 2.48. The molecule has 0 heterocycles. The Bertz CT molecular complexity index is 232. The molecular formula is C6H2F3Sn. The summed E-state index contributed by atoms with van der Waals surface area (Å²) in [6.45, 7) is 0. The Hall–Kier alpha value is -0.191. The molecule has 1 aromatic rings. The molecule has 0 aliphatic heterocycles. The molecule has 1 rings (SSSR count). The number of hydrogen-bond acceptors (Lipinski definition) is 0. The Morgan fingerprint density at radius 2 is 1.60 bits per heavy atom. The molecule has 1 aromatic carbocycles. The van der Waals surface area contributed by atoms with Crippen molar-refractivity contribution in [2.24, 2.45) is 0 Å². The third kappa shape index (κ3) is 1.28. The fraction of sp³-hybridized carbons (Fsp3) is 0. The van der Waals surface area contributed by atoms with Gasteiger partial charge in [-0.3, -0.25) is 0 Å². The normalized spacial score (nSPS) is 10.0. The maximum absolute atomic E-state index is 12.4. The predicted octanol–water partition coefficient (Wildman–Crippen LogP) is 0.898. The Balaban J connectivity index is 3.34. The number of halogens is 3. The van der Waals surface area contributed by atoms with E-state index in [0.29, 0.717) is 0 Å².